The van der Waals surface area contributed by atoms with Crippen molar-refractivity contribution in [2.24, 2.45) is 0 Å². The molecular formula is C32H34O3S. The van der Waals surface area contributed by atoms with E-state index in [0.717, 1.165) is 63.3 Å². The molecule has 4 heteroatoms. The first-order valence-electron chi connectivity index (χ1n) is 13.3. The largest absolute Gasteiger partial charge is 0.494 e. The van der Waals surface area contributed by atoms with Crippen LogP contribution in [0, 0.1) is 0 Å². The molecule has 3 aromatic carbocycles. The van der Waals surface area contributed by atoms with Gasteiger partial charge in [-0.3, -0.25) is 4.79 Å². The maximum atomic E-state index is 13.8. The minimum absolute atomic E-state index is 0.0438. The van der Waals surface area contributed by atoms with E-state index in [1.165, 1.54) is 25.7 Å². The van der Waals surface area contributed by atoms with Gasteiger partial charge in [0.25, 0.3) is 0 Å². The number of hydrogen-bond donors (Lipinski definition) is 0. The first-order chi connectivity index (χ1) is 17.7. The summed E-state index contributed by atoms with van der Waals surface area (Å²) >= 11 is 1.56. The normalized spacial score (nSPS) is 14.1. The average molecular weight is 499 g/mol. The van der Waals surface area contributed by atoms with Gasteiger partial charge >= 0.3 is 0 Å². The van der Waals surface area contributed by atoms with Crippen LogP contribution in [0.4, 0.5) is 0 Å². The van der Waals surface area contributed by atoms with Gasteiger partial charge in [-0.1, -0.05) is 56.5 Å². The lowest BCUT2D eigenvalue weighted by Gasteiger charge is -2.23. The summed E-state index contributed by atoms with van der Waals surface area (Å²) in [5, 5.41) is 1.10. The molecule has 1 aliphatic rings. The number of rotatable bonds is 10. The van der Waals surface area contributed by atoms with E-state index in [-0.39, 0.29) is 5.78 Å². The van der Waals surface area contributed by atoms with E-state index in [9.17, 15) is 4.79 Å². The number of ether oxygens (including phenoxy) is 2. The van der Waals surface area contributed by atoms with Crippen molar-refractivity contribution < 1.29 is 14.3 Å². The van der Waals surface area contributed by atoms with Gasteiger partial charge in [0.15, 0.2) is 0 Å². The fraction of sp³-hybridized carbons (Fsp3) is 0.344. The molecule has 3 nitrogen and oxygen atoms in total. The van der Waals surface area contributed by atoms with Crippen LogP contribution in [0.3, 0.4) is 0 Å². The molecule has 0 saturated heterocycles. The first kappa shape index (κ1) is 24.6. The molecule has 0 atom stereocenters. The lowest BCUT2D eigenvalue weighted by Crippen LogP contribution is -2.19. The topological polar surface area (TPSA) is 35.5 Å². The van der Waals surface area contributed by atoms with Gasteiger partial charge in [0.2, 0.25) is 5.78 Å². The second kappa shape index (κ2) is 11.7. The van der Waals surface area contributed by atoms with Gasteiger partial charge < -0.3 is 9.47 Å². The van der Waals surface area contributed by atoms with Gasteiger partial charge in [-0.25, -0.2) is 0 Å². The van der Waals surface area contributed by atoms with Crippen molar-refractivity contribution in [2.45, 2.75) is 64.4 Å². The number of carbonyl (C=O) groups is 1. The summed E-state index contributed by atoms with van der Waals surface area (Å²) in [6.07, 6.45) is 9.72. The van der Waals surface area contributed by atoms with Crippen molar-refractivity contribution in [3.8, 4) is 22.6 Å². The number of benzene rings is 3. The Kier molecular flexibility index (Phi) is 8.02. The molecule has 0 N–H and O–H groups in total. The van der Waals surface area contributed by atoms with Crippen LogP contribution in [0.5, 0.6) is 11.5 Å². The molecule has 0 bridgehead atoms. The summed E-state index contributed by atoms with van der Waals surface area (Å²) in [7, 11) is 0. The van der Waals surface area contributed by atoms with E-state index >= 15 is 0 Å². The number of fused-ring (bicyclic) bond motifs is 1. The van der Waals surface area contributed by atoms with Crippen molar-refractivity contribution in [2.75, 3.05) is 6.61 Å². The number of carbonyl (C=O) groups excluding carboxylic acids is 1. The third kappa shape index (κ3) is 5.65. The summed E-state index contributed by atoms with van der Waals surface area (Å²) in [4.78, 5) is 14.5. The highest BCUT2D eigenvalue weighted by atomic mass is 32.1. The SMILES string of the molecule is CCCCCOc1ccc(C(=O)c2sc3cc(OC4CCCCC4)ccc3c2-c2ccccc2)cc1. The van der Waals surface area contributed by atoms with E-state index in [2.05, 4.69) is 37.3 Å². The molecule has 0 spiro atoms. The molecule has 0 unspecified atom stereocenters. The van der Waals surface area contributed by atoms with E-state index in [4.69, 9.17) is 9.47 Å². The Morgan fingerprint density at radius 2 is 1.64 bits per heavy atom. The maximum Gasteiger partial charge on any atom is 0.203 e. The van der Waals surface area contributed by atoms with Crippen LogP contribution < -0.4 is 9.47 Å². The van der Waals surface area contributed by atoms with Gasteiger partial charge in [-0.15, -0.1) is 11.3 Å². The molecule has 0 radical (unpaired) electrons. The van der Waals surface area contributed by atoms with Gasteiger partial charge in [-0.05, 0) is 80.1 Å². The molecule has 1 aromatic heterocycles. The van der Waals surface area contributed by atoms with E-state index < -0.39 is 0 Å². The number of unbranched alkanes of at least 4 members (excludes halogenated alkanes) is 2. The predicted molar refractivity (Wildman–Crippen MR) is 150 cm³/mol. The molecule has 1 fully saturated rings. The lowest BCUT2D eigenvalue weighted by molar-refractivity contribution is 0.104. The first-order valence-corrected chi connectivity index (χ1v) is 14.1. The number of ketones is 1. The molecule has 0 aliphatic heterocycles. The predicted octanol–water partition coefficient (Wildman–Crippen LogP) is 9.08. The fourth-order valence-corrected chi connectivity index (χ4v) is 6.17. The second-order valence-corrected chi connectivity index (χ2v) is 10.7. The molecule has 1 saturated carbocycles. The molecule has 186 valence electrons. The molecule has 4 aromatic rings. The highest BCUT2D eigenvalue weighted by Gasteiger charge is 2.22. The standard InChI is InChI=1S/C32H34O3S/c1-2-3-10-21-34-25-17-15-24(16-18-25)31(33)32-30(23-11-6-4-7-12-23)28-20-19-27(22-29(28)36-32)35-26-13-8-5-9-14-26/h4,6-7,11-12,15-20,22,26H,2-3,5,8-10,13-14,21H2,1H3. The Hall–Kier alpha value is -3.11. The van der Waals surface area contributed by atoms with E-state index in [1.807, 2.05) is 42.5 Å². The molecular weight excluding hydrogens is 464 g/mol. The zero-order chi connectivity index (χ0) is 24.7. The highest BCUT2D eigenvalue weighted by Crippen LogP contribution is 2.41. The van der Waals surface area contributed by atoms with Crippen molar-refractivity contribution in [3.05, 3.63) is 83.2 Å². The zero-order valence-corrected chi connectivity index (χ0v) is 21.8. The lowest BCUT2D eigenvalue weighted by atomic mass is 9.97. The maximum absolute atomic E-state index is 13.8. The Morgan fingerprint density at radius 3 is 2.39 bits per heavy atom. The molecule has 0 amide bonds. The smallest absolute Gasteiger partial charge is 0.203 e. The summed E-state index contributed by atoms with van der Waals surface area (Å²) < 4.78 is 13.3. The van der Waals surface area contributed by atoms with Crippen LogP contribution in [0.1, 0.15) is 73.5 Å². The van der Waals surface area contributed by atoms with Crippen LogP contribution in [-0.2, 0) is 0 Å². The molecule has 36 heavy (non-hydrogen) atoms. The zero-order valence-electron chi connectivity index (χ0n) is 21.0. The van der Waals surface area contributed by atoms with Gasteiger partial charge in [0, 0.05) is 21.2 Å². The third-order valence-electron chi connectivity index (χ3n) is 6.92. The molecule has 1 aliphatic carbocycles. The summed E-state index contributed by atoms with van der Waals surface area (Å²) in [6.45, 7) is 2.89. The van der Waals surface area contributed by atoms with E-state index in [1.54, 1.807) is 11.3 Å². The quantitative estimate of drug-likeness (QED) is 0.162. The fourth-order valence-electron chi connectivity index (χ4n) is 4.95. The Balaban J connectivity index is 1.45. The van der Waals surface area contributed by atoms with Gasteiger partial charge in [-0.2, -0.15) is 0 Å². The average Bonchev–Trinajstić information content (AvgIpc) is 3.31. The van der Waals surface area contributed by atoms with Gasteiger partial charge in [0.1, 0.15) is 11.5 Å². The Labute approximate surface area is 218 Å². The summed E-state index contributed by atoms with van der Waals surface area (Å²) in [6, 6.07) is 24.1. The molecule has 5 rings (SSSR count). The number of thiophene rings is 1. The van der Waals surface area contributed by atoms with Crippen molar-refractivity contribution in [1.82, 2.24) is 0 Å². The number of hydrogen-bond acceptors (Lipinski definition) is 4. The molecule has 1 heterocycles. The Bertz CT molecular complexity index is 1280. The van der Waals surface area contributed by atoms with Crippen LogP contribution in [-0.4, -0.2) is 18.5 Å². The van der Waals surface area contributed by atoms with Gasteiger partial charge in [0.05, 0.1) is 17.6 Å². The van der Waals surface area contributed by atoms with Crippen LogP contribution in [0.25, 0.3) is 21.2 Å². The Morgan fingerprint density at radius 1 is 0.889 bits per heavy atom. The minimum Gasteiger partial charge on any atom is -0.494 e. The van der Waals surface area contributed by atoms with Crippen LogP contribution in [0.15, 0.2) is 72.8 Å². The minimum atomic E-state index is 0.0438. The van der Waals surface area contributed by atoms with Crippen molar-refractivity contribution in [1.29, 1.82) is 0 Å². The highest BCUT2D eigenvalue weighted by molar-refractivity contribution is 7.21. The third-order valence-corrected chi connectivity index (χ3v) is 8.07. The summed E-state index contributed by atoms with van der Waals surface area (Å²) in [5.41, 5.74) is 2.74. The summed E-state index contributed by atoms with van der Waals surface area (Å²) in [5.74, 6) is 1.76. The van der Waals surface area contributed by atoms with Crippen LogP contribution in [0.2, 0.25) is 0 Å². The second-order valence-electron chi connectivity index (χ2n) is 9.62. The van der Waals surface area contributed by atoms with Crippen LogP contribution >= 0.6 is 11.3 Å². The van der Waals surface area contributed by atoms with E-state index in [0.29, 0.717) is 18.3 Å². The van der Waals surface area contributed by atoms with Crippen molar-refractivity contribution >= 4 is 27.2 Å². The monoisotopic (exact) mass is 498 g/mol. The van der Waals surface area contributed by atoms with Crippen molar-refractivity contribution in [3.63, 3.8) is 0 Å².